The van der Waals surface area contributed by atoms with E-state index in [1.807, 2.05) is 51.1 Å². The SMILES string of the molecule is CCC/C=C/[C@H](O)[C@@H]1CC[C@H]1CN1C[C@@]2(CCCc3cc(Cl)ccc32)COc2ccc(C(=O)OC(C)(C)C)cc21. The topological polar surface area (TPSA) is 59.0 Å². The Labute approximate surface area is 244 Å². The zero-order valence-electron chi connectivity index (χ0n) is 24.4. The Morgan fingerprint density at radius 2 is 2.08 bits per heavy atom. The van der Waals surface area contributed by atoms with Crippen molar-refractivity contribution < 1.29 is 19.4 Å². The lowest BCUT2D eigenvalue weighted by molar-refractivity contribution is 0.00695. The lowest BCUT2D eigenvalue weighted by Gasteiger charge is -2.45. The van der Waals surface area contributed by atoms with E-state index in [1.165, 1.54) is 11.1 Å². The highest BCUT2D eigenvalue weighted by molar-refractivity contribution is 6.30. The fraction of sp³-hybridized carbons (Fsp3) is 0.559. The van der Waals surface area contributed by atoms with Crippen LogP contribution in [0.15, 0.2) is 48.6 Å². The molecule has 5 rings (SSSR count). The average molecular weight is 566 g/mol. The van der Waals surface area contributed by atoms with Crippen LogP contribution < -0.4 is 9.64 Å². The lowest BCUT2D eigenvalue weighted by atomic mass is 9.68. The largest absolute Gasteiger partial charge is 0.490 e. The molecule has 1 saturated carbocycles. The summed E-state index contributed by atoms with van der Waals surface area (Å²) < 4.78 is 12.3. The van der Waals surface area contributed by atoms with Gasteiger partial charge in [-0.3, -0.25) is 0 Å². The van der Waals surface area contributed by atoms with Crippen molar-refractivity contribution in [2.24, 2.45) is 11.8 Å². The molecule has 1 aliphatic heterocycles. The van der Waals surface area contributed by atoms with Crippen LogP contribution in [0.25, 0.3) is 0 Å². The smallest absolute Gasteiger partial charge is 0.338 e. The van der Waals surface area contributed by atoms with Gasteiger partial charge in [-0.25, -0.2) is 4.79 Å². The Bertz CT molecular complexity index is 1250. The Balaban J connectivity index is 1.49. The maximum atomic E-state index is 13.1. The summed E-state index contributed by atoms with van der Waals surface area (Å²) >= 11 is 6.40. The molecule has 216 valence electrons. The van der Waals surface area contributed by atoms with Gasteiger partial charge in [0, 0.05) is 23.5 Å². The van der Waals surface area contributed by atoms with Crippen molar-refractivity contribution in [3.05, 3.63) is 70.3 Å². The van der Waals surface area contributed by atoms with Crippen molar-refractivity contribution in [2.45, 2.75) is 89.8 Å². The zero-order valence-corrected chi connectivity index (χ0v) is 25.2. The quantitative estimate of drug-likeness (QED) is 0.278. The summed E-state index contributed by atoms with van der Waals surface area (Å²) in [5.74, 6) is 1.07. The second-order valence-electron chi connectivity index (χ2n) is 13.0. The first-order valence-corrected chi connectivity index (χ1v) is 15.4. The first kappa shape index (κ1) is 29.0. The number of fused-ring (bicyclic) bond motifs is 3. The molecule has 0 amide bonds. The van der Waals surface area contributed by atoms with Crippen LogP contribution in [0.5, 0.6) is 5.75 Å². The molecule has 0 radical (unpaired) electrons. The fourth-order valence-electron chi connectivity index (χ4n) is 6.68. The van der Waals surface area contributed by atoms with Crippen molar-refractivity contribution in [3.8, 4) is 5.75 Å². The molecule has 1 fully saturated rings. The third-order valence-electron chi connectivity index (χ3n) is 8.83. The minimum Gasteiger partial charge on any atom is -0.490 e. The van der Waals surface area contributed by atoms with Crippen molar-refractivity contribution in [2.75, 3.05) is 24.6 Å². The molecule has 6 heteroatoms. The fourth-order valence-corrected chi connectivity index (χ4v) is 6.87. The van der Waals surface area contributed by atoms with Crippen LogP contribution in [-0.2, 0) is 16.6 Å². The maximum Gasteiger partial charge on any atom is 0.338 e. The van der Waals surface area contributed by atoms with Gasteiger partial charge in [-0.1, -0.05) is 43.2 Å². The Kier molecular flexibility index (Phi) is 8.54. The van der Waals surface area contributed by atoms with Crippen LogP contribution in [0.2, 0.25) is 5.02 Å². The summed E-state index contributed by atoms with van der Waals surface area (Å²) in [6, 6.07) is 12.0. The highest BCUT2D eigenvalue weighted by Crippen LogP contribution is 2.46. The molecule has 0 saturated heterocycles. The number of hydrogen-bond acceptors (Lipinski definition) is 5. The van der Waals surface area contributed by atoms with Gasteiger partial charge in [-0.15, -0.1) is 0 Å². The number of halogens is 1. The molecule has 1 heterocycles. The van der Waals surface area contributed by atoms with E-state index >= 15 is 0 Å². The van der Waals surface area contributed by atoms with E-state index in [-0.39, 0.29) is 17.3 Å². The predicted molar refractivity (Wildman–Crippen MR) is 162 cm³/mol. The second-order valence-corrected chi connectivity index (χ2v) is 13.4. The number of aryl methyl sites for hydroxylation is 1. The molecule has 0 aromatic heterocycles. The Hall–Kier alpha value is -2.50. The van der Waals surface area contributed by atoms with Crippen LogP contribution in [0.4, 0.5) is 5.69 Å². The molecule has 2 aromatic carbocycles. The number of carbonyl (C=O) groups excluding carboxylic acids is 1. The van der Waals surface area contributed by atoms with Crippen molar-refractivity contribution >= 4 is 23.3 Å². The molecule has 2 aromatic rings. The third kappa shape index (κ3) is 6.21. The highest BCUT2D eigenvalue weighted by Gasteiger charge is 2.44. The van der Waals surface area contributed by atoms with Gasteiger partial charge in [0.25, 0.3) is 0 Å². The molecule has 40 heavy (non-hydrogen) atoms. The van der Waals surface area contributed by atoms with Gasteiger partial charge >= 0.3 is 5.97 Å². The van der Waals surface area contributed by atoms with E-state index in [9.17, 15) is 9.90 Å². The van der Waals surface area contributed by atoms with E-state index < -0.39 is 11.7 Å². The minimum atomic E-state index is -0.572. The summed E-state index contributed by atoms with van der Waals surface area (Å²) in [6.45, 7) is 9.99. The molecule has 3 aliphatic rings. The van der Waals surface area contributed by atoms with Gasteiger partial charge < -0.3 is 19.5 Å². The molecule has 0 bridgehead atoms. The molecular formula is C34H44ClNO4. The van der Waals surface area contributed by atoms with Gasteiger partial charge in [0.1, 0.15) is 11.4 Å². The van der Waals surface area contributed by atoms with Crippen LogP contribution >= 0.6 is 11.6 Å². The first-order valence-electron chi connectivity index (χ1n) is 15.0. The monoisotopic (exact) mass is 565 g/mol. The normalized spacial score (nSPS) is 25.0. The number of aliphatic hydroxyl groups is 1. The molecular weight excluding hydrogens is 522 g/mol. The number of ether oxygens (including phenoxy) is 2. The summed E-state index contributed by atoms with van der Waals surface area (Å²) in [5, 5.41) is 11.7. The standard InChI is InChI=1S/C34H44ClNO4/c1-5-6-7-10-30(37)27-14-11-25(27)20-36-21-34(17-8-9-23-18-26(35)13-15-28(23)34)22-39-31-16-12-24(19-29(31)36)32(38)40-33(2,3)4/h7,10,12-13,15-16,18-19,25,27,30,37H,5-6,8-9,11,14,17,20-22H2,1-4H3/b10-7+/t25-,27+,30-,34-/m0/s1. The molecule has 1 spiro atoms. The van der Waals surface area contributed by atoms with Crippen LogP contribution in [0, 0.1) is 11.8 Å². The predicted octanol–water partition coefficient (Wildman–Crippen LogP) is 7.51. The Morgan fingerprint density at radius 1 is 1.25 bits per heavy atom. The summed E-state index contributed by atoms with van der Waals surface area (Å²) in [4.78, 5) is 15.5. The van der Waals surface area contributed by atoms with Crippen molar-refractivity contribution in [1.29, 1.82) is 0 Å². The number of benzene rings is 2. The molecule has 1 N–H and O–H groups in total. The Morgan fingerprint density at radius 3 is 2.80 bits per heavy atom. The third-order valence-corrected chi connectivity index (χ3v) is 9.07. The molecule has 4 atom stereocenters. The summed E-state index contributed by atoms with van der Waals surface area (Å²) in [6.07, 6.45) is 11.0. The minimum absolute atomic E-state index is 0.178. The van der Waals surface area contributed by atoms with E-state index in [4.69, 9.17) is 21.1 Å². The van der Waals surface area contributed by atoms with Gasteiger partial charge in [0.15, 0.2) is 0 Å². The number of esters is 1. The van der Waals surface area contributed by atoms with E-state index in [0.717, 1.165) is 74.5 Å². The lowest BCUT2D eigenvalue weighted by Crippen LogP contribution is -2.49. The zero-order chi connectivity index (χ0) is 28.5. The number of allylic oxidation sites excluding steroid dienone is 1. The number of rotatable bonds is 7. The number of anilines is 1. The van der Waals surface area contributed by atoms with Crippen molar-refractivity contribution in [3.63, 3.8) is 0 Å². The van der Waals surface area contributed by atoms with Crippen molar-refractivity contribution in [1.82, 2.24) is 0 Å². The summed E-state index contributed by atoms with van der Waals surface area (Å²) in [7, 11) is 0. The molecule has 5 nitrogen and oxygen atoms in total. The molecule has 2 aliphatic carbocycles. The number of aliphatic hydroxyl groups excluding tert-OH is 1. The van der Waals surface area contributed by atoms with Crippen LogP contribution in [-0.4, -0.2) is 42.5 Å². The van der Waals surface area contributed by atoms with Gasteiger partial charge in [-0.05, 0) is 113 Å². The summed E-state index contributed by atoms with van der Waals surface area (Å²) in [5.41, 5.74) is 3.34. The molecule has 0 unspecified atom stereocenters. The number of hydrogen-bond donors (Lipinski definition) is 1. The van der Waals surface area contributed by atoms with Gasteiger partial charge in [0.05, 0.1) is 24.0 Å². The van der Waals surface area contributed by atoms with Gasteiger partial charge in [-0.2, -0.15) is 0 Å². The number of nitrogens with zero attached hydrogens (tertiary/aromatic N) is 1. The van der Waals surface area contributed by atoms with Crippen LogP contribution in [0.3, 0.4) is 0 Å². The second kappa shape index (κ2) is 11.8. The first-order chi connectivity index (χ1) is 19.1. The number of unbranched alkanes of at least 4 members (excludes halogenated alkanes) is 1. The van der Waals surface area contributed by atoms with Gasteiger partial charge in [0.2, 0.25) is 0 Å². The van der Waals surface area contributed by atoms with E-state index in [2.05, 4.69) is 30.0 Å². The average Bonchev–Trinajstić information content (AvgIpc) is 3.03. The highest BCUT2D eigenvalue weighted by atomic mass is 35.5. The maximum absolute atomic E-state index is 13.1. The van der Waals surface area contributed by atoms with E-state index in [1.54, 1.807) is 0 Å². The van der Waals surface area contributed by atoms with E-state index in [0.29, 0.717) is 18.1 Å². The van der Waals surface area contributed by atoms with Crippen LogP contribution in [0.1, 0.15) is 87.7 Å². The number of carbonyl (C=O) groups is 1.